The third-order valence-electron chi connectivity index (χ3n) is 5.70. The van der Waals surface area contributed by atoms with E-state index in [-0.39, 0.29) is 18.3 Å². The molecule has 0 aliphatic carbocycles. The van der Waals surface area contributed by atoms with Gasteiger partial charge in [-0.25, -0.2) is 0 Å². The number of aliphatic hydroxyl groups is 3. The Morgan fingerprint density at radius 1 is 0.966 bits per heavy atom. The van der Waals surface area contributed by atoms with Crippen molar-refractivity contribution in [1.82, 2.24) is 0 Å². The van der Waals surface area contributed by atoms with Gasteiger partial charge in [-0.1, -0.05) is 51.1 Å². The molecule has 3 N–H and O–H groups in total. The summed E-state index contributed by atoms with van der Waals surface area (Å²) < 4.78 is 22.9. The van der Waals surface area contributed by atoms with E-state index in [2.05, 4.69) is 33.9 Å². The SMILES string of the molecule is CC(C)(C)[Si](C)(C)OCC1OC(OCCOCc2ccccc2)C(O)C(O)C1O. The van der Waals surface area contributed by atoms with Crippen LogP contribution in [0.15, 0.2) is 30.3 Å². The van der Waals surface area contributed by atoms with Crippen molar-refractivity contribution in [2.45, 2.75) is 76.2 Å². The van der Waals surface area contributed by atoms with Crippen LogP contribution in [0.3, 0.4) is 0 Å². The Bertz CT molecular complexity index is 605. The molecule has 1 saturated heterocycles. The summed E-state index contributed by atoms with van der Waals surface area (Å²) in [6, 6.07) is 9.78. The summed E-state index contributed by atoms with van der Waals surface area (Å²) in [6.07, 6.45) is -5.79. The molecule has 0 amide bonds. The fourth-order valence-corrected chi connectivity index (χ4v) is 3.70. The van der Waals surface area contributed by atoms with Gasteiger partial charge in [-0.2, -0.15) is 0 Å². The summed E-state index contributed by atoms with van der Waals surface area (Å²) in [7, 11) is -2.04. The lowest BCUT2D eigenvalue weighted by Crippen LogP contribution is -2.60. The molecular weight excluding hydrogens is 392 g/mol. The van der Waals surface area contributed by atoms with Crippen molar-refractivity contribution in [2.24, 2.45) is 0 Å². The minimum atomic E-state index is -2.04. The quantitative estimate of drug-likeness (QED) is 0.409. The zero-order valence-corrected chi connectivity index (χ0v) is 19.1. The van der Waals surface area contributed by atoms with Crippen molar-refractivity contribution < 1.29 is 34.0 Å². The van der Waals surface area contributed by atoms with Gasteiger partial charge in [-0.15, -0.1) is 0 Å². The monoisotopic (exact) mass is 428 g/mol. The van der Waals surface area contributed by atoms with Crippen LogP contribution in [0.2, 0.25) is 18.1 Å². The molecule has 1 heterocycles. The molecule has 5 atom stereocenters. The van der Waals surface area contributed by atoms with Crippen LogP contribution >= 0.6 is 0 Å². The van der Waals surface area contributed by atoms with E-state index in [0.29, 0.717) is 13.2 Å². The molecule has 1 aromatic rings. The highest BCUT2D eigenvalue weighted by atomic mass is 28.4. The van der Waals surface area contributed by atoms with Crippen molar-refractivity contribution in [3.63, 3.8) is 0 Å². The van der Waals surface area contributed by atoms with Crippen molar-refractivity contribution >= 4 is 8.32 Å². The smallest absolute Gasteiger partial charge is 0.192 e. The van der Waals surface area contributed by atoms with Gasteiger partial charge >= 0.3 is 0 Å². The normalized spacial score (nSPS) is 28.5. The molecule has 0 bridgehead atoms. The van der Waals surface area contributed by atoms with Crippen LogP contribution in [-0.2, 0) is 25.2 Å². The topological polar surface area (TPSA) is 97.6 Å². The van der Waals surface area contributed by atoms with Gasteiger partial charge in [0.05, 0.1) is 26.4 Å². The van der Waals surface area contributed by atoms with E-state index in [9.17, 15) is 15.3 Å². The maximum atomic E-state index is 10.3. The number of hydrogen-bond acceptors (Lipinski definition) is 7. The number of hydrogen-bond donors (Lipinski definition) is 3. The average molecular weight is 429 g/mol. The van der Waals surface area contributed by atoms with E-state index < -0.39 is 39.0 Å². The Labute approximate surface area is 174 Å². The molecule has 0 aromatic heterocycles. The van der Waals surface area contributed by atoms with Gasteiger partial charge in [0.25, 0.3) is 0 Å². The average Bonchev–Trinajstić information content (AvgIpc) is 2.66. The first kappa shape index (κ1) is 24.4. The first-order valence-corrected chi connectivity index (χ1v) is 13.0. The lowest BCUT2D eigenvalue weighted by atomic mass is 9.99. The highest BCUT2D eigenvalue weighted by molar-refractivity contribution is 6.74. The van der Waals surface area contributed by atoms with Crippen LogP contribution in [0, 0.1) is 0 Å². The Balaban J connectivity index is 1.81. The molecule has 2 rings (SSSR count). The van der Waals surface area contributed by atoms with Gasteiger partial charge in [-0.05, 0) is 23.7 Å². The maximum absolute atomic E-state index is 10.3. The second-order valence-corrected chi connectivity index (χ2v) is 13.8. The summed E-state index contributed by atoms with van der Waals surface area (Å²) >= 11 is 0. The zero-order valence-electron chi connectivity index (χ0n) is 18.1. The Kier molecular flexibility index (Phi) is 8.81. The van der Waals surface area contributed by atoms with E-state index in [1.54, 1.807) is 0 Å². The molecule has 0 radical (unpaired) electrons. The summed E-state index contributed by atoms with van der Waals surface area (Å²) in [5, 5.41) is 30.7. The molecular formula is C21H36O7Si. The highest BCUT2D eigenvalue weighted by Gasteiger charge is 2.46. The molecule has 7 nitrogen and oxygen atoms in total. The number of rotatable bonds is 9. The Morgan fingerprint density at radius 2 is 1.62 bits per heavy atom. The zero-order chi connectivity index (χ0) is 21.7. The summed E-state index contributed by atoms with van der Waals surface area (Å²) in [4.78, 5) is 0. The molecule has 1 aliphatic heterocycles. The summed E-state index contributed by atoms with van der Waals surface area (Å²) in [5.74, 6) is 0. The molecule has 29 heavy (non-hydrogen) atoms. The molecule has 1 aliphatic rings. The molecule has 1 fully saturated rings. The van der Waals surface area contributed by atoms with Crippen molar-refractivity contribution in [2.75, 3.05) is 19.8 Å². The van der Waals surface area contributed by atoms with Gasteiger partial charge in [0.2, 0.25) is 0 Å². The second kappa shape index (κ2) is 10.5. The van der Waals surface area contributed by atoms with Gasteiger partial charge in [0, 0.05) is 0 Å². The van der Waals surface area contributed by atoms with E-state index in [1.165, 1.54) is 0 Å². The van der Waals surface area contributed by atoms with Crippen LogP contribution < -0.4 is 0 Å². The van der Waals surface area contributed by atoms with E-state index >= 15 is 0 Å². The van der Waals surface area contributed by atoms with Crippen molar-refractivity contribution in [3.05, 3.63) is 35.9 Å². The lowest BCUT2D eigenvalue weighted by Gasteiger charge is -2.42. The summed E-state index contributed by atoms with van der Waals surface area (Å²) in [6.45, 7) is 11.7. The minimum absolute atomic E-state index is 0.0107. The van der Waals surface area contributed by atoms with Gasteiger partial charge in [0.15, 0.2) is 14.6 Å². The molecule has 166 valence electrons. The first-order chi connectivity index (χ1) is 13.5. The standard InChI is InChI=1S/C21H36O7Si/c1-21(2,3)29(4,5)27-14-16-17(22)18(23)19(24)20(28-16)26-12-11-25-13-15-9-7-6-8-10-15/h6-10,16-20,22-24H,11-14H2,1-5H3. The summed E-state index contributed by atoms with van der Waals surface area (Å²) in [5.41, 5.74) is 1.06. The molecule has 0 spiro atoms. The van der Waals surface area contributed by atoms with Crippen molar-refractivity contribution in [3.8, 4) is 0 Å². The largest absolute Gasteiger partial charge is 0.414 e. The van der Waals surface area contributed by atoms with E-state index in [0.717, 1.165) is 5.56 Å². The Morgan fingerprint density at radius 3 is 2.24 bits per heavy atom. The van der Waals surface area contributed by atoms with E-state index in [4.69, 9.17) is 18.6 Å². The van der Waals surface area contributed by atoms with Gasteiger partial charge in [-0.3, -0.25) is 0 Å². The molecule has 8 heteroatoms. The van der Waals surface area contributed by atoms with Crippen LogP contribution in [0.1, 0.15) is 26.3 Å². The minimum Gasteiger partial charge on any atom is -0.414 e. The lowest BCUT2D eigenvalue weighted by molar-refractivity contribution is -0.301. The first-order valence-electron chi connectivity index (χ1n) is 10.1. The fourth-order valence-electron chi connectivity index (χ4n) is 2.69. The number of benzene rings is 1. The van der Waals surface area contributed by atoms with E-state index in [1.807, 2.05) is 30.3 Å². The third-order valence-corrected chi connectivity index (χ3v) is 10.2. The highest BCUT2D eigenvalue weighted by Crippen LogP contribution is 2.37. The Hall–Kier alpha value is -0.843. The number of ether oxygens (including phenoxy) is 3. The molecule has 0 saturated carbocycles. The van der Waals surface area contributed by atoms with Crippen LogP contribution in [0.4, 0.5) is 0 Å². The molecule has 1 aromatic carbocycles. The fraction of sp³-hybridized carbons (Fsp3) is 0.714. The van der Waals surface area contributed by atoms with Gasteiger partial charge in [0.1, 0.15) is 24.4 Å². The third kappa shape index (κ3) is 6.83. The van der Waals surface area contributed by atoms with Crippen molar-refractivity contribution in [1.29, 1.82) is 0 Å². The van der Waals surface area contributed by atoms with Crippen LogP contribution in [0.5, 0.6) is 0 Å². The van der Waals surface area contributed by atoms with Gasteiger partial charge < -0.3 is 34.0 Å². The predicted octanol–water partition coefficient (Wildman–Crippen LogP) is 2.05. The maximum Gasteiger partial charge on any atom is 0.192 e. The second-order valence-electron chi connectivity index (χ2n) is 8.99. The predicted molar refractivity (Wildman–Crippen MR) is 112 cm³/mol. The van der Waals surface area contributed by atoms with Crippen LogP contribution in [-0.4, -0.2) is 74.2 Å². The number of aliphatic hydroxyl groups excluding tert-OH is 3. The molecule has 5 unspecified atom stereocenters. The van der Waals surface area contributed by atoms with Crippen LogP contribution in [0.25, 0.3) is 0 Å².